The molecule has 0 aliphatic carbocycles. The average molecular weight is 400 g/mol. The molecule has 0 bridgehead atoms. The fourth-order valence-electron chi connectivity index (χ4n) is 2.98. The zero-order chi connectivity index (χ0) is 20.9. The van der Waals surface area contributed by atoms with Crippen LogP contribution in [0.25, 0.3) is 10.9 Å². The summed E-state index contributed by atoms with van der Waals surface area (Å²) >= 11 is 0. The number of aromatic nitrogens is 1. The maximum atomic E-state index is 12.0. The van der Waals surface area contributed by atoms with Crippen LogP contribution in [-0.4, -0.2) is 30.9 Å². The Kier molecular flexibility index (Phi) is 5.18. The van der Waals surface area contributed by atoms with E-state index < -0.39 is 6.03 Å². The third-order valence-corrected chi connectivity index (χ3v) is 4.38. The summed E-state index contributed by atoms with van der Waals surface area (Å²) in [5.74, 6) is 1.67. The number of hydrogen-bond donors (Lipinski definition) is 3. The molecule has 9 heteroatoms. The van der Waals surface area contributed by atoms with Crippen LogP contribution in [0.1, 0.15) is 11.1 Å². The number of amides is 2. The van der Waals surface area contributed by atoms with Crippen molar-refractivity contribution < 1.29 is 14.3 Å². The third-order valence-electron chi connectivity index (χ3n) is 4.38. The van der Waals surface area contributed by atoms with Gasteiger partial charge in [-0.3, -0.25) is 0 Å². The lowest BCUT2D eigenvalue weighted by Crippen LogP contribution is -2.32. The number of carbonyl (C=O) groups excluding carboxylic acids is 1. The Morgan fingerprint density at radius 3 is 2.70 bits per heavy atom. The minimum absolute atomic E-state index is 0.163. The molecule has 3 aromatic rings. The molecule has 1 aliphatic heterocycles. The summed E-state index contributed by atoms with van der Waals surface area (Å²) in [4.78, 5) is 16.5. The van der Waals surface area contributed by atoms with Crippen molar-refractivity contribution >= 4 is 28.4 Å². The number of anilines is 2. The molecule has 0 saturated heterocycles. The van der Waals surface area contributed by atoms with Crippen LogP contribution in [0.3, 0.4) is 0 Å². The Morgan fingerprint density at radius 1 is 1.07 bits per heavy atom. The topological polar surface area (TPSA) is 132 Å². The second-order valence-corrected chi connectivity index (χ2v) is 6.39. The van der Waals surface area contributed by atoms with Crippen LogP contribution < -0.4 is 25.4 Å². The monoisotopic (exact) mass is 400 g/mol. The van der Waals surface area contributed by atoms with E-state index in [1.54, 1.807) is 42.5 Å². The average Bonchev–Trinajstić information content (AvgIpc) is 3.21. The maximum Gasteiger partial charge on any atom is 0.319 e. The molecular weight excluding hydrogens is 384 g/mol. The molecule has 3 N–H and O–H groups in total. The molecule has 0 radical (unpaired) electrons. The molecule has 4 rings (SSSR count). The van der Waals surface area contributed by atoms with E-state index in [9.17, 15) is 10.1 Å². The van der Waals surface area contributed by atoms with Gasteiger partial charge in [-0.2, -0.15) is 10.5 Å². The number of nitrogens with zero attached hydrogens (tertiary/aromatic N) is 3. The summed E-state index contributed by atoms with van der Waals surface area (Å²) in [5, 5.41) is 27.6. The molecule has 0 saturated carbocycles. The molecule has 1 aromatic heterocycles. The van der Waals surface area contributed by atoms with Crippen molar-refractivity contribution in [2.75, 3.05) is 30.5 Å². The molecule has 1 aliphatic rings. The van der Waals surface area contributed by atoms with E-state index in [1.807, 2.05) is 6.07 Å². The number of carbonyl (C=O) groups is 1. The number of fused-ring (bicyclic) bond motifs is 2. The Balaban J connectivity index is 1.36. The van der Waals surface area contributed by atoms with Crippen molar-refractivity contribution in [3.63, 3.8) is 0 Å². The Hall–Kier alpha value is -4.50. The van der Waals surface area contributed by atoms with E-state index in [-0.39, 0.29) is 6.79 Å². The molecule has 0 fully saturated rings. The molecule has 148 valence electrons. The van der Waals surface area contributed by atoms with Crippen LogP contribution in [-0.2, 0) is 0 Å². The Labute approximate surface area is 171 Å². The molecule has 0 spiro atoms. The van der Waals surface area contributed by atoms with Crippen molar-refractivity contribution in [3.05, 3.63) is 53.6 Å². The smallest absolute Gasteiger partial charge is 0.319 e. The second-order valence-electron chi connectivity index (χ2n) is 6.39. The molecule has 0 unspecified atom stereocenters. The molecular formula is C21H16N6O3. The predicted octanol–water partition coefficient (Wildman–Crippen LogP) is 2.94. The number of urea groups is 1. The highest BCUT2D eigenvalue weighted by Crippen LogP contribution is 2.36. The highest BCUT2D eigenvalue weighted by molar-refractivity contribution is 5.89. The fraction of sp³-hybridized carbons (Fsp3) is 0.143. The first-order valence-electron chi connectivity index (χ1n) is 9.09. The number of rotatable bonds is 5. The number of ether oxygens (including phenoxy) is 2. The van der Waals surface area contributed by atoms with Crippen LogP contribution in [0, 0.1) is 22.7 Å². The van der Waals surface area contributed by atoms with Crippen molar-refractivity contribution in [3.8, 4) is 23.6 Å². The number of pyridine rings is 1. The van der Waals surface area contributed by atoms with Crippen molar-refractivity contribution in [1.82, 2.24) is 10.3 Å². The van der Waals surface area contributed by atoms with Crippen LogP contribution in [0.2, 0.25) is 0 Å². The highest BCUT2D eigenvalue weighted by atomic mass is 16.7. The van der Waals surface area contributed by atoms with Crippen LogP contribution in [0.4, 0.5) is 16.3 Å². The Morgan fingerprint density at radius 2 is 1.90 bits per heavy atom. The molecule has 9 nitrogen and oxygen atoms in total. The standard InChI is InChI=1S/C21H16N6O3/c22-10-13-2-1-3-16(6-13)26-21(28)25-5-4-24-20-15(11-23)7-14-8-18-19(30-12-29-18)9-17(14)27-20/h1-3,6-9H,4-5,12H2,(H,24,27)(H2,25,26,28). The van der Waals surface area contributed by atoms with Gasteiger partial charge in [0.15, 0.2) is 11.5 Å². The van der Waals surface area contributed by atoms with Gasteiger partial charge in [-0.25, -0.2) is 9.78 Å². The molecule has 2 heterocycles. The van der Waals surface area contributed by atoms with Gasteiger partial charge >= 0.3 is 6.03 Å². The van der Waals surface area contributed by atoms with Gasteiger partial charge in [-0.1, -0.05) is 6.07 Å². The van der Waals surface area contributed by atoms with Crippen LogP contribution in [0.15, 0.2) is 42.5 Å². The van der Waals surface area contributed by atoms with Crippen molar-refractivity contribution in [2.45, 2.75) is 0 Å². The molecule has 30 heavy (non-hydrogen) atoms. The zero-order valence-corrected chi connectivity index (χ0v) is 15.7. The quantitative estimate of drug-likeness (QED) is 0.561. The van der Waals surface area contributed by atoms with Gasteiger partial charge in [-0.05, 0) is 30.3 Å². The lowest BCUT2D eigenvalue weighted by Gasteiger charge is -2.11. The summed E-state index contributed by atoms with van der Waals surface area (Å²) in [5.41, 5.74) is 2.05. The van der Waals surface area contributed by atoms with Gasteiger partial charge in [0, 0.05) is 30.2 Å². The minimum Gasteiger partial charge on any atom is -0.454 e. The van der Waals surface area contributed by atoms with E-state index in [4.69, 9.17) is 14.7 Å². The SMILES string of the molecule is N#Cc1cccc(NC(=O)NCCNc2nc3cc4c(cc3cc2C#N)OCO4)c1. The first-order valence-corrected chi connectivity index (χ1v) is 9.09. The Bertz CT molecular complexity index is 1210. The molecule has 2 aromatic carbocycles. The summed E-state index contributed by atoms with van der Waals surface area (Å²) in [6.07, 6.45) is 0. The molecule has 0 atom stereocenters. The van der Waals surface area contributed by atoms with E-state index >= 15 is 0 Å². The first kappa shape index (κ1) is 18.8. The van der Waals surface area contributed by atoms with Crippen LogP contribution in [0.5, 0.6) is 11.5 Å². The summed E-state index contributed by atoms with van der Waals surface area (Å²) in [7, 11) is 0. The lowest BCUT2D eigenvalue weighted by atomic mass is 10.1. The summed E-state index contributed by atoms with van der Waals surface area (Å²) in [6.45, 7) is 0.829. The van der Waals surface area contributed by atoms with Gasteiger partial charge in [0.05, 0.1) is 22.7 Å². The fourth-order valence-corrected chi connectivity index (χ4v) is 2.98. The number of nitriles is 2. The van der Waals surface area contributed by atoms with Gasteiger partial charge in [0.2, 0.25) is 6.79 Å². The highest BCUT2D eigenvalue weighted by Gasteiger charge is 2.16. The van der Waals surface area contributed by atoms with E-state index in [0.29, 0.717) is 52.7 Å². The minimum atomic E-state index is -0.397. The van der Waals surface area contributed by atoms with Crippen molar-refractivity contribution in [1.29, 1.82) is 10.5 Å². The zero-order valence-electron chi connectivity index (χ0n) is 15.7. The van der Waals surface area contributed by atoms with E-state index in [0.717, 1.165) is 5.39 Å². The number of hydrogen-bond acceptors (Lipinski definition) is 7. The number of benzene rings is 2. The van der Waals surface area contributed by atoms with E-state index in [1.165, 1.54) is 0 Å². The normalized spacial score (nSPS) is 11.4. The second kappa shape index (κ2) is 8.25. The van der Waals surface area contributed by atoms with E-state index in [2.05, 4.69) is 27.0 Å². The molecule has 2 amide bonds. The van der Waals surface area contributed by atoms with Gasteiger partial charge in [-0.15, -0.1) is 0 Å². The largest absolute Gasteiger partial charge is 0.454 e. The maximum absolute atomic E-state index is 12.0. The first-order chi connectivity index (χ1) is 14.7. The third kappa shape index (κ3) is 4.01. The van der Waals surface area contributed by atoms with Crippen molar-refractivity contribution in [2.24, 2.45) is 0 Å². The van der Waals surface area contributed by atoms with Gasteiger partial charge < -0.3 is 25.4 Å². The van der Waals surface area contributed by atoms with Gasteiger partial charge in [0.25, 0.3) is 0 Å². The lowest BCUT2D eigenvalue weighted by molar-refractivity contribution is 0.174. The van der Waals surface area contributed by atoms with Crippen LogP contribution >= 0.6 is 0 Å². The number of nitrogens with one attached hydrogen (secondary N) is 3. The summed E-state index contributed by atoms with van der Waals surface area (Å²) < 4.78 is 10.7. The van der Waals surface area contributed by atoms with Gasteiger partial charge in [0.1, 0.15) is 11.9 Å². The predicted molar refractivity (Wildman–Crippen MR) is 109 cm³/mol. The summed E-state index contributed by atoms with van der Waals surface area (Å²) in [6, 6.07) is 15.7.